The molecule has 1 unspecified atom stereocenters. The number of carbonyl (C=O) groups excluding carboxylic acids is 1. The first kappa shape index (κ1) is 17.4. The molecule has 1 saturated carbocycles. The molecule has 0 bridgehead atoms. The Hall–Kier alpha value is -1.46. The Morgan fingerprint density at radius 1 is 1.42 bits per heavy atom. The number of hydrogen-bond acceptors (Lipinski definition) is 4. The van der Waals surface area contributed by atoms with Gasteiger partial charge < -0.3 is 20.1 Å². The maximum atomic E-state index is 12.4. The molecule has 1 heterocycles. The highest BCUT2D eigenvalue weighted by molar-refractivity contribution is 6.32. The van der Waals surface area contributed by atoms with E-state index >= 15 is 0 Å². The lowest BCUT2D eigenvalue weighted by Gasteiger charge is -2.23. The Morgan fingerprint density at radius 2 is 2.17 bits per heavy atom. The van der Waals surface area contributed by atoms with Gasteiger partial charge in [-0.1, -0.05) is 11.6 Å². The minimum Gasteiger partial charge on any atom is -0.493 e. The van der Waals surface area contributed by atoms with E-state index in [1.807, 2.05) is 19.1 Å². The van der Waals surface area contributed by atoms with Gasteiger partial charge in [-0.15, -0.1) is 0 Å². The number of methoxy groups -OCH3 is 1. The number of amides is 1. The van der Waals surface area contributed by atoms with Crippen molar-refractivity contribution in [1.82, 2.24) is 10.6 Å². The van der Waals surface area contributed by atoms with Crippen LogP contribution in [0.15, 0.2) is 12.1 Å². The fourth-order valence-electron chi connectivity index (χ4n) is 3.67. The summed E-state index contributed by atoms with van der Waals surface area (Å²) in [5, 5.41) is 6.91. The second-order valence-corrected chi connectivity index (χ2v) is 7.04. The predicted octanol–water partition coefficient (Wildman–Crippen LogP) is 2.75. The van der Waals surface area contributed by atoms with Gasteiger partial charge in [-0.25, -0.2) is 0 Å². The molecule has 5 nitrogen and oxygen atoms in total. The van der Waals surface area contributed by atoms with E-state index in [1.54, 1.807) is 7.11 Å². The lowest BCUT2D eigenvalue weighted by molar-refractivity contribution is -0.123. The topological polar surface area (TPSA) is 59.6 Å². The van der Waals surface area contributed by atoms with Crippen molar-refractivity contribution < 1.29 is 14.3 Å². The smallest absolute Gasteiger partial charge is 0.223 e. The van der Waals surface area contributed by atoms with Gasteiger partial charge in [0.15, 0.2) is 11.5 Å². The first-order valence-electron chi connectivity index (χ1n) is 8.57. The zero-order valence-electron chi connectivity index (χ0n) is 14.3. The average molecular weight is 353 g/mol. The number of carbonyl (C=O) groups is 1. The summed E-state index contributed by atoms with van der Waals surface area (Å²) in [6.07, 6.45) is 3.23. The van der Waals surface area contributed by atoms with Gasteiger partial charge in [0.1, 0.15) is 0 Å². The van der Waals surface area contributed by atoms with Crippen LogP contribution < -0.4 is 20.1 Å². The zero-order chi connectivity index (χ0) is 17.2. The Labute approximate surface area is 148 Å². The van der Waals surface area contributed by atoms with Crippen LogP contribution in [0.25, 0.3) is 0 Å². The molecule has 2 N–H and O–H groups in total. The lowest BCUT2D eigenvalue weighted by atomic mass is 9.92. The Balaban J connectivity index is 1.60. The molecule has 24 heavy (non-hydrogen) atoms. The van der Waals surface area contributed by atoms with E-state index in [0.717, 1.165) is 37.9 Å². The van der Waals surface area contributed by atoms with Gasteiger partial charge >= 0.3 is 0 Å². The van der Waals surface area contributed by atoms with Gasteiger partial charge in [-0.05, 0) is 62.4 Å². The van der Waals surface area contributed by atoms with Gasteiger partial charge in [-0.2, -0.15) is 0 Å². The van der Waals surface area contributed by atoms with Crippen LogP contribution in [-0.4, -0.2) is 32.7 Å². The van der Waals surface area contributed by atoms with Crippen LogP contribution in [0.5, 0.6) is 11.5 Å². The average Bonchev–Trinajstić information content (AvgIpc) is 3.28. The van der Waals surface area contributed by atoms with Crippen molar-refractivity contribution in [2.24, 2.45) is 11.3 Å². The molecule has 1 saturated heterocycles. The molecule has 1 aromatic rings. The van der Waals surface area contributed by atoms with Gasteiger partial charge in [-0.3, -0.25) is 4.79 Å². The maximum Gasteiger partial charge on any atom is 0.223 e. The summed E-state index contributed by atoms with van der Waals surface area (Å²) in [7, 11) is 1.58. The zero-order valence-corrected chi connectivity index (χ0v) is 15.0. The predicted molar refractivity (Wildman–Crippen MR) is 93.7 cm³/mol. The molecule has 1 aromatic carbocycles. The normalized spacial score (nSPS) is 21.4. The van der Waals surface area contributed by atoms with E-state index in [-0.39, 0.29) is 17.2 Å². The summed E-state index contributed by atoms with van der Waals surface area (Å²) in [6, 6.07) is 3.69. The van der Waals surface area contributed by atoms with Crippen LogP contribution in [0.4, 0.5) is 0 Å². The molecule has 2 fully saturated rings. The molecule has 0 aromatic heterocycles. The molecule has 2 aliphatic rings. The van der Waals surface area contributed by atoms with Crippen molar-refractivity contribution in [3.8, 4) is 11.5 Å². The van der Waals surface area contributed by atoms with Crippen LogP contribution in [0.2, 0.25) is 5.02 Å². The Kier molecular flexibility index (Phi) is 5.21. The fourth-order valence-corrected chi connectivity index (χ4v) is 3.96. The van der Waals surface area contributed by atoms with Gasteiger partial charge in [0.05, 0.1) is 18.7 Å². The summed E-state index contributed by atoms with van der Waals surface area (Å²) >= 11 is 6.27. The second kappa shape index (κ2) is 7.19. The highest BCUT2D eigenvalue weighted by atomic mass is 35.5. The summed E-state index contributed by atoms with van der Waals surface area (Å²) in [4.78, 5) is 12.4. The number of hydrogen-bond donors (Lipinski definition) is 2. The lowest BCUT2D eigenvalue weighted by Crippen LogP contribution is -2.33. The Morgan fingerprint density at radius 3 is 2.83 bits per heavy atom. The molecular weight excluding hydrogens is 328 g/mol. The molecule has 3 rings (SSSR count). The van der Waals surface area contributed by atoms with E-state index in [1.165, 1.54) is 0 Å². The van der Waals surface area contributed by atoms with Gasteiger partial charge in [0.25, 0.3) is 0 Å². The van der Waals surface area contributed by atoms with Gasteiger partial charge in [0, 0.05) is 12.5 Å². The molecule has 1 amide bonds. The third kappa shape index (κ3) is 3.47. The number of rotatable bonds is 6. The number of piperidine rings is 1. The number of nitrogens with one attached hydrogen (secondary N) is 2. The first-order chi connectivity index (χ1) is 11.6. The summed E-state index contributed by atoms with van der Waals surface area (Å²) in [5.41, 5.74) is 1.16. The number of benzene rings is 1. The standard InChI is InChI=1S/C18H25ClN2O3/c1-3-24-16-14(19)8-12(9-15(16)23-2)11-21-17(22)13-10-18(13)4-6-20-7-5-18/h8-9,13,20H,3-7,10-11H2,1-2H3,(H,21,22). The maximum absolute atomic E-state index is 12.4. The van der Waals surface area contributed by atoms with Gasteiger partial charge in [0.2, 0.25) is 5.91 Å². The fraction of sp³-hybridized carbons (Fsp3) is 0.611. The SMILES string of the molecule is CCOc1c(Cl)cc(CNC(=O)C2CC23CCNCC3)cc1OC. The minimum atomic E-state index is 0.154. The molecule has 1 atom stereocenters. The molecule has 1 aliphatic heterocycles. The molecule has 1 aliphatic carbocycles. The highest BCUT2D eigenvalue weighted by Crippen LogP contribution is 2.58. The number of halogens is 1. The van der Waals surface area contributed by atoms with Crippen LogP contribution in [-0.2, 0) is 11.3 Å². The third-order valence-corrected chi connectivity index (χ3v) is 5.43. The summed E-state index contributed by atoms with van der Waals surface area (Å²) in [5.74, 6) is 1.46. The Bertz CT molecular complexity index is 615. The van der Waals surface area contributed by atoms with Crippen LogP contribution in [0.3, 0.4) is 0 Å². The second-order valence-electron chi connectivity index (χ2n) is 6.63. The van der Waals surface area contributed by atoms with E-state index in [2.05, 4.69) is 10.6 Å². The van der Waals surface area contributed by atoms with Crippen LogP contribution in [0.1, 0.15) is 31.7 Å². The van der Waals surface area contributed by atoms with E-state index < -0.39 is 0 Å². The van der Waals surface area contributed by atoms with E-state index in [4.69, 9.17) is 21.1 Å². The van der Waals surface area contributed by atoms with E-state index in [0.29, 0.717) is 29.7 Å². The third-order valence-electron chi connectivity index (χ3n) is 5.15. The quantitative estimate of drug-likeness (QED) is 0.826. The van der Waals surface area contributed by atoms with Crippen LogP contribution >= 0.6 is 11.6 Å². The molecule has 1 spiro atoms. The van der Waals surface area contributed by atoms with Crippen LogP contribution in [0, 0.1) is 11.3 Å². The van der Waals surface area contributed by atoms with Crippen molar-refractivity contribution in [1.29, 1.82) is 0 Å². The summed E-state index contributed by atoms with van der Waals surface area (Å²) < 4.78 is 10.9. The van der Waals surface area contributed by atoms with Crippen molar-refractivity contribution in [2.45, 2.75) is 32.7 Å². The molecule has 132 valence electrons. The minimum absolute atomic E-state index is 0.154. The van der Waals surface area contributed by atoms with Crippen molar-refractivity contribution in [2.75, 3.05) is 26.8 Å². The monoisotopic (exact) mass is 352 g/mol. The highest BCUT2D eigenvalue weighted by Gasteiger charge is 2.57. The first-order valence-corrected chi connectivity index (χ1v) is 8.95. The molecule has 0 radical (unpaired) electrons. The summed E-state index contributed by atoms with van der Waals surface area (Å²) in [6.45, 7) is 4.91. The molecule has 6 heteroatoms. The van der Waals surface area contributed by atoms with Crippen molar-refractivity contribution >= 4 is 17.5 Å². The van der Waals surface area contributed by atoms with Crippen molar-refractivity contribution in [3.63, 3.8) is 0 Å². The molecular formula is C18H25ClN2O3. The van der Waals surface area contributed by atoms with Crippen molar-refractivity contribution in [3.05, 3.63) is 22.7 Å². The van der Waals surface area contributed by atoms with E-state index in [9.17, 15) is 4.79 Å². The number of ether oxygens (including phenoxy) is 2. The largest absolute Gasteiger partial charge is 0.493 e.